The van der Waals surface area contributed by atoms with Gasteiger partial charge in [0.2, 0.25) is 6.79 Å². The first-order valence-electron chi connectivity index (χ1n) is 12.2. The summed E-state index contributed by atoms with van der Waals surface area (Å²) >= 11 is 0. The topological polar surface area (TPSA) is 122 Å². The molecule has 10 nitrogen and oxygen atoms in total. The summed E-state index contributed by atoms with van der Waals surface area (Å²) in [7, 11) is 1.40. The average Bonchev–Trinajstić information content (AvgIpc) is 2.87. The first-order valence-corrected chi connectivity index (χ1v) is 12.2. The molecule has 0 radical (unpaired) electrons. The smallest absolute Gasteiger partial charge is 0.328 e. The number of esters is 2. The van der Waals surface area contributed by atoms with Gasteiger partial charge in [0.05, 0.1) is 7.11 Å². The van der Waals surface area contributed by atoms with Crippen LogP contribution in [0.25, 0.3) is 0 Å². The van der Waals surface area contributed by atoms with Gasteiger partial charge in [0.15, 0.2) is 17.2 Å². The number of ether oxygens (including phenoxy) is 5. The van der Waals surface area contributed by atoms with E-state index in [-0.39, 0.29) is 29.2 Å². The Balaban J connectivity index is 2.13. The molecule has 0 aliphatic heterocycles. The highest BCUT2D eigenvalue weighted by atomic mass is 16.7. The molecule has 37 heavy (non-hydrogen) atoms. The Morgan fingerprint density at radius 1 is 1.05 bits per heavy atom. The lowest BCUT2D eigenvalue weighted by molar-refractivity contribution is -0.158. The first-order chi connectivity index (χ1) is 17.7. The molecule has 202 valence electrons. The van der Waals surface area contributed by atoms with Gasteiger partial charge >= 0.3 is 11.9 Å². The van der Waals surface area contributed by atoms with Crippen LogP contribution >= 0.6 is 0 Å². The Morgan fingerprint density at radius 3 is 2.35 bits per heavy atom. The van der Waals surface area contributed by atoms with Gasteiger partial charge in [-0.05, 0) is 31.4 Å². The number of nitrogens with one attached hydrogen (secondary N) is 1. The molecule has 2 rings (SSSR count). The summed E-state index contributed by atoms with van der Waals surface area (Å²) in [5.41, 5.74) is -0.135. The van der Waals surface area contributed by atoms with Crippen molar-refractivity contribution in [2.75, 3.05) is 13.9 Å². The van der Waals surface area contributed by atoms with Crippen molar-refractivity contribution in [2.45, 2.75) is 65.7 Å². The van der Waals surface area contributed by atoms with Gasteiger partial charge in [0, 0.05) is 19.2 Å². The minimum atomic E-state index is -0.995. The third-order valence-electron chi connectivity index (χ3n) is 5.35. The van der Waals surface area contributed by atoms with Crippen LogP contribution in [-0.2, 0) is 19.1 Å². The SMILES string of the molecule is CCC[C@H](OC(=O)[C@H](C)NC(=O)c1nccc(OC)c1OCOC(C)=O)[C@H](Oc1ccccc1)C(C)C. The second-order valence-corrected chi connectivity index (χ2v) is 8.69. The van der Waals surface area contributed by atoms with Crippen molar-refractivity contribution >= 4 is 17.8 Å². The fourth-order valence-corrected chi connectivity index (χ4v) is 3.51. The number of carbonyl (C=O) groups is 3. The summed E-state index contributed by atoms with van der Waals surface area (Å²) in [4.78, 5) is 41.1. The third-order valence-corrected chi connectivity index (χ3v) is 5.35. The molecule has 1 aromatic heterocycles. The van der Waals surface area contributed by atoms with Gasteiger partial charge in [-0.2, -0.15) is 0 Å². The maximum absolute atomic E-state index is 13.0. The van der Waals surface area contributed by atoms with E-state index < -0.39 is 36.8 Å². The van der Waals surface area contributed by atoms with Crippen LogP contribution in [0.5, 0.6) is 17.2 Å². The molecule has 10 heteroatoms. The highest BCUT2D eigenvalue weighted by Crippen LogP contribution is 2.29. The molecule has 0 saturated heterocycles. The Hall–Kier alpha value is -3.82. The van der Waals surface area contributed by atoms with E-state index in [1.54, 1.807) is 0 Å². The van der Waals surface area contributed by atoms with Gasteiger partial charge in [-0.15, -0.1) is 0 Å². The molecule has 1 aromatic carbocycles. The third kappa shape index (κ3) is 8.96. The molecule has 0 unspecified atom stereocenters. The normalized spacial score (nSPS) is 13.2. The lowest BCUT2D eigenvalue weighted by atomic mass is 9.98. The zero-order valence-electron chi connectivity index (χ0n) is 22.2. The van der Waals surface area contributed by atoms with Gasteiger partial charge in [0.25, 0.3) is 5.91 Å². The number of nitrogens with zero attached hydrogens (tertiary/aromatic N) is 1. The van der Waals surface area contributed by atoms with Crippen LogP contribution in [-0.4, -0.2) is 55.0 Å². The molecule has 1 N–H and O–H groups in total. The van der Waals surface area contributed by atoms with Crippen molar-refractivity contribution in [3.63, 3.8) is 0 Å². The van der Waals surface area contributed by atoms with Crippen molar-refractivity contribution in [2.24, 2.45) is 5.92 Å². The van der Waals surface area contributed by atoms with Gasteiger partial charge in [-0.3, -0.25) is 9.59 Å². The van der Waals surface area contributed by atoms with Crippen molar-refractivity contribution < 1.29 is 38.1 Å². The Morgan fingerprint density at radius 2 is 1.76 bits per heavy atom. The number of benzene rings is 1. The quantitative estimate of drug-likeness (QED) is 0.294. The number of hydrogen-bond acceptors (Lipinski definition) is 9. The number of pyridine rings is 1. The fourth-order valence-electron chi connectivity index (χ4n) is 3.51. The summed E-state index contributed by atoms with van der Waals surface area (Å²) in [6.45, 7) is 8.31. The molecule has 0 aliphatic rings. The second kappa shape index (κ2) is 14.7. The highest BCUT2D eigenvalue weighted by molar-refractivity contribution is 5.98. The predicted molar refractivity (Wildman–Crippen MR) is 135 cm³/mol. The zero-order chi connectivity index (χ0) is 27.4. The lowest BCUT2D eigenvalue weighted by Gasteiger charge is -2.31. The van der Waals surface area contributed by atoms with Crippen LogP contribution in [0.2, 0.25) is 0 Å². The van der Waals surface area contributed by atoms with Gasteiger partial charge in [0.1, 0.15) is 24.0 Å². The van der Waals surface area contributed by atoms with E-state index in [1.807, 2.05) is 51.1 Å². The monoisotopic (exact) mass is 516 g/mol. The van der Waals surface area contributed by atoms with Crippen LogP contribution in [0, 0.1) is 5.92 Å². The Kier molecular flexibility index (Phi) is 11.7. The molecule has 0 fully saturated rings. The van der Waals surface area contributed by atoms with E-state index in [2.05, 4.69) is 10.3 Å². The zero-order valence-corrected chi connectivity index (χ0v) is 22.2. The molecule has 0 aliphatic carbocycles. The lowest BCUT2D eigenvalue weighted by Crippen LogP contribution is -2.45. The van der Waals surface area contributed by atoms with E-state index in [1.165, 1.54) is 33.2 Å². The minimum Gasteiger partial charge on any atom is -0.493 e. The number of methoxy groups -OCH3 is 1. The first kappa shape index (κ1) is 29.4. The predicted octanol–water partition coefficient (Wildman–Crippen LogP) is 3.92. The maximum atomic E-state index is 13.0. The van der Waals surface area contributed by atoms with E-state index >= 15 is 0 Å². The maximum Gasteiger partial charge on any atom is 0.328 e. The Bertz CT molecular complexity index is 1030. The van der Waals surface area contributed by atoms with E-state index in [0.29, 0.717) is 12.2 Å². The Labute approximate surface area is 217 Å². The summed E-state index contributed by atoms with van der Waals surface area (Å²) in [5, 5.41) is 2.59. The van der Waals surface area contributed by atoms with Crippen molar-refractivity contribution in [3.05, 3.63) is 48.3 Å². The van der Waals surface area contributed by atoms with Gasteiger partial charge < -0.3 is 29.0 Å². The standard InChI is InChI=1S/C27H36N2O8/c1-7-11-22(24(17(2)3)36-20-12-9-8-10-13-20)37-27(32)18(4)29-26(31)23-25(35-16-34-19(5)30)21(33-6)14-15-28-23/h8-10,12-15,17-18,22,24H,7,11,16H2,1-6H3,(H,29,31)/t18-,22-,24+/m0/s1. The van der Waals surface area contributed by atoms with Crippen LogP contribution in [0.1, 0.15) is 57.9 Å². The minimum absolute atomic E-state index is 0.0238. The van der Waals surface area contributed by atoms with Crippen molar-refractivity contribution in [1.29, 1.82) is 0 Å². The average molecular weight is 517 g/mol. The molecular weight excluding hydrogens is 480 g/mol. The summed E-state index contributed by atoms with van der Waals surface area (Å²) < 4.78 is 27.5. The molecule has 2 aromatic rings. The number of carbonyl (C=O) groups excluding carboxylic acids is 3. The molecular formula is C27H36N2O8. The van der Waals surface area contributed by atoms with E-state index in [9.17, 15) is 14.4 Å². The number of rotatable bonds is 14. The summed E-state index contributed by atoms with van der Waals surface area (Å²) in [6.07, 6.45) is 1.83. The van der Waals surface area contributed by atoms with Crippen LogP contribution < -0.4 is 19.5 Å². The highest BCUT2D eigenvalue weighted by Gasteiger charge is 2.32. The molecule has 3 atom stereocenters. The number of para-hydroxylation sites is 1. The van der Waals surface area contributed by atoms with Crippen molar-refractivity contribution in [1.82, 2.24) is 10.3 Å². The van der Waals surface area contributed by atoms with E-state index in [0.717, 1.165) is 6.42 Å². The largest absolute Gasteiger partial charge is 0.493 e. The molecule has 1 heterocycles. The molecule has 0 saturated carbocycles. The van der Waals surface area contributed by atoms with Crippen molar-refractivity contribution in [3.8, 4) is 17.2 Å². The van der Waals surface area contributed by atoms with Crippen LogP contribution in [0.4, 0.5) is 0 Å². The number of amides is 1. The molecule has 0 spiro atoms. The molecule has 1 amide bonds. The van der Waals surface area contributed by atoms with Gasteiger partial charge in [-0.1, -0.05) is 45.4 Å². The number of hydrogen-bond donors (Lipinski definition) is 1. The van der Waals surface area contributed by atoms with Crippen LogP contribution in [0.15, 0.2) is 42.6 Å². The number of aromatic nitrogens is 1. The second-order valence-electron chi connectivity index (χ2n) is 8.69. The van der Waals surface area contributed by atoms with E-state index in [4.69, 9.17) is 23.7 Å². The molecule has 0 bridgehead atoms. The summed E-state index contributed by atoms with van der Waals surface area (Å²) in [6, 6.07) is 9.85. The summed E-state index contributed by atoms with van der Waals surface area (Å²) in [5.74, 6) is -0.915. The van der Waals surface area contributed by atoms with Gasteiger partial charge in [-0.25, -0.2) is 9.78 Å². The van der Waals surface area contributed by atoms with Crippen LogP contribution in [0.3, 0.4) is 0 Å². The fraction of sp³-hybridized carbons (Fsp3) is 0.481.